The van der Waals surface area contributed by atoms with Gasteiger partial charge in [0, 0.05) is 0 Å². The molecule has 0 amide bonds. The number of hydrogen-bond acceptors (Lipinski definition) is 3. The fraction of sp³-hybridized carbons (Fsp3) is 0.556. The van der Waals surface area contributed by atoms with Crippen molar-refractivity contribution in [1.29, 1.82) is 0 Å². The van der Waals surface area contributed by atoms with Crippen LogP contribution < -0.4 is 0 Å². The quantitative estimate of drug-likeness (QED) is 0.521. The molecule has 1 aliphatic carbocycles. The van der Waals surface area contributed by atoms with Gasteiger partial charge in [-0.2, -0.15) is 0 Å². The van der Waals surface area contributed by atoms with E-state index in [9.17, 15) is 9.59 Å². The van der Waals surface area contributed by atoms with Crippen LogP contribution in [0.5, 0.6) is 0 Å². The van der Waals surface area contributed by atoms with Crippen molar-refractivity contribution in [2.24, 2.45) is 11.8 Å². The Bertz CT molecular complexity index is 244. The summed E-state index contributed by atoms with van der Waals surface area (Å²) < 4.78 is 4.77. The molecule has 0 unspecified atom stereocenters. The predicted molar refractivity (Wildman–Crippen MR) is 45.0 cm³/mol. The molecule has 0 heterocycles. The summed E-state index contributed by atoms with van der Waals surface area (Å²) in [7, 11) is 0. The first-order chi connectivity index (χ1) is 6.15. The largest absolute Gasteiger partial charge is 0.481 e. The molecule has 0 aromatic rings. The van der Waals surface area contributed by atoms with Crippen molar-refractivity contribution in [2.45, 2.75) is 13.3 Å². The lowest BCUT2D eigenvalue weighted by Gasteiger charge is -2.07. The van der Waals surface area contributed by atoms with Crippen LogP contribution in [0.3, 0.4) is 0 Å². The van der Waals surface area contributed by atoms with Gasteiger partial charge < -0.3 is 9.84 Å². The van der Waals surface area contributed by atoms with Crippen molar-refractivity contribution in [3.63, 3.8) is 0 Å². The van der Waals surface area contributed by atoms with Gasteiger partial charge in [-0.1, -0.05) is 12.2 Å². The van der Waals surface area contributed by atoms with Gasteiger partial charge in [0.25, 0.3) is 0 Å². The molecule has 0 bridgehead atoms. The zero-order valence-corrected chi connectivity index (χ0v) is 7.40. The summed E-state index contributed by atoms with van der Waals surface area (Å²) in [4.78, 5) is 21.7. The highest BCUT2D eigenvalue weighted by Gasteiger charge is 2.29. The van der Waals surface area contributed by atoms with E-state index in [1.807, 2.05) is 0 Å². The molecule has 1 aliphatic rings. The summed E-state index contributed by atoms with van der Waals surface area (Å²) in [6, 6.07) is 0. The lowest BCUT2D eigenvalue weighted by atomic mass is 10.0. The van der Waals surface area contributed by atoms with Crippen LogP contribution in [0.25, 0.3) is 0 Å². The second-order valence-electron chi connectivity index (χ2n) is 2.92. The third-order valence-corrected chi connectivity index (χ3v) is 1.99. The second kappa shape index (κ2) is 4.07. The lowest BCUT2D eigenvalue weighted by molar-refractivity contribution is -0.147. The molecule has 0 radical (unpaired) electrons. The fourth-order valence-corrected chi connectivity index (χ4v) is 1.31. The Balaban J connectivity index is 2.47. The molecule has 0 aromatic carbocycles. The van der Waals surface area contributed by atoms with E-state index in [2.05, 4.69) is 0 Å². The second-order valence-corrected chi connectivity index (χ2v) is 2.92. The van der Waals surface area contributed by atoms with Crippen molar-refractivity contribution in [3.8, 4) is 0 Å². The van der Waals surface area contributed by atoms with Crippen molar-refractivity contribution in [2.75, 3.05) is 6.61 Å². The van der Waals surface area contributed by atoms with Gasteiger partial charge in [-0.15, -0.1) is 0 Å². The van der Waals surface area contributed by atoms with Crippen LogP contribution in [0.4, 0.5) is 0 Å². The molecule has 0 saturated carbocycles. The average molecular weight is 184 g/mol. The van der Waals surface area contributed by atoms with Gasteiger partial charge in [0.2, 0.25) is 0 Å². The molecule has 2 atom stereocenters. The van der Waals surface area contributed by atoms with Crippen LogP contribution >= 0.6 is 0 Å². The van der Waals surface area contributed by atoms with Crippen LogP contribution in [0.2, 0.25) is 0 Å². The SMILES string of the molecule is CCOC(=O)[C@@H]1C=C[C@H](C(=O)O)C1. The average Bonchev–Trinajstić information content (AvgIpc) is 2.52. The normalized spacial score (nSPS) is 25.9. The van der Waals surface area contributed by atoms with Gasteiger partial charge in [-0.25, -0.2) is 0 Å². The number of aliphatic carboxylic acids is 1. The Labute approximate surface area is 76.2 Å². The first-order valence-electron chi connectivity index (χ1n) is 4.23. The van der Waals surface area contributed by atoms with Crippen LogP contribution in [0.1, 0.15) is 13.3 Å². The van der Waals surface area contributed by atoms with Crippen LogP contribution in [-0.2, 0) is 14.3 Å². The van der Waals surface area contributed by atoms with Gasteiger partial charge in [0.05, 0.1) is 18.4 Å². The Morgan fingerprint density at radius 1 is 1.46 bits per heavy atom. The maximum atomic E-state index is 11.1. The molecule has 0 aliphatic heterocycles. The Kier molecular flexibility index (Phi) is 3.06. The van der Waals surface area contributed by atoms with Crippen molar-refractivity contribution in [1.82, 2.24) is 0 Å². The third kappa shape index (κ3) is 2.31. The zero-order valence-electron chi connectivity index (χ0n) is 7.40. The Hall–Kier alpha value is -1.32. The van der Waals surface area contributed by atoms with Crippen LogP contribution in [0, 0.1) is 11.8 Å². The summed E-state index contributed by atoms with van der Waals surface area (Å²) in [6.45, 7) is 2.06. The molecule has 72 valence electrons. The van der Waals surface area contributed by atoms with Gasteiger partial charge in [-0.05, 0) is 13.3 Å². The van der Waals surface area contributed by atoms with Crippen molar-refractivity contribution in [3.05, 3.63) is 12.2 Å². The maximum absolute atomic E-state index is 11.1. The van der Waals surface area contributed by atoms with Gasteiger partial charge >= 0.3 is 11.9 Å². The van der Waals surface area contributed by atoms with E-state index >= 15 is 0 Å². The van der Waals surface area contributed by atoms with E-state index in [0.29, 0.717) is 13.0 Å². The third-order valence-electron chi connectivity index (χ3n) is 1.99. The fourth-order valence-electron chi connectivity index (χ4n) is 1.31. The van der Waals surface area contributed by atoms with Crippen LogP contribution in [0.15, 0.2) is 12.2 Å². The molecule has 0 aromatic heterocycles. The molecular weight excluding hydrogens is 172 g/mol. The molecule has 13 heavy (non-hydrogen) atoms. The Morgan fingerprint density at radius 3 is 2.54 bits per heavy atom. The lowest BCUT2D eigenvalue weighted by Crippen LogP contribution is -2.17. The first kappa shape index (κ1) is 9.77. The molecule has 1 N–H and O–H groups in total. The topological polar surface area (TPSA) is 63.6 Å². The standard InChI is InChI=1S/C9H12O4/c1-2-13-9(12)7-4-3-6(5-7)8(10)11/h3-4,6-7H,2,5H2,1H3,(H,10,11)/t6-,7+/m0/s1. The van der Waals surface area contributed by atoms with Gasteiger partial charge in [0.1, 0.15) is 0 Å². The highest BCUT2D eigenvalue weighted by molar-refractivity contribution is 5.79. The van der Waals surface area contributed by atoms with E-state index < -0.39 is 11.9 Å². The minimum Gasteiger partial charge on any atom is -0.481 e. The molecule has 1 rings (SSSR count). The van der Waals surface area contributed by atoms with E-state index in [1.54, 1.807) is 19.1 Å². The number of carboxylic acids is 1. The highest BCUT2D eigenvalue weighted by atomic mass is 16.5. The molecule has 0 fully saturated rings. The summed E-state index contributed by atoms with van der Waals surface area (Å²) >= 11 is 0. The van der Waals surface area contributed by atoms with E-state index in [1.165, 1.54) is 0 Å². The monoisotopic (exact) mass is 184 g/mol. The number of rotatable bonds is 3. The maximum Gasteiger partial charge on any atom is 0.312 e. The zero-order chi connectivity index (χ0) is 9.84. The summed E-state index contributed by atoms with van der Waals surface area (Å²) in [5.41, 5.74) is 0. The van der Waals surface area contributed by atoms with Gasteiger partial charge in [-0.3, -0.25) is 9.59 Å². The number of ether oxygens (including phenoxy) is 1. The van der Waals surface area contributed by atoms with Crippen molar-refractivity contribution < 1.29 is 19.4 Å². The summed E-state index contributed by atoms with van der Waals surface area (Å²) in [6.07, 6.45) is 3.48. The number of carboxylic acid groups (broad SMARTS) is 1. The highest BCUT2D eigenvalue weighted by Crippen LogP contribution is 2.24. The molecule has 0 spiro atoms. The first-order valence-corrected chi connectivity index (χ1v) is 4.23. The molecule has 0 saturated heterocycles. The van der Waals surface area contributed by atoms with Crippen molar-refractivity contribution >= 4 is 11.9 Å². The number of esters is 1. The number of hydrogen-bond donors (Lipinski definition) is 1. The molecular formula is C9H12O4. The predicted octanol–water partition coefficient (Wildman–Crippen LogP) is 0.826. The van der Waals surface area contributed by atoms with Gasteiger partial charge in [0.15, 0.2) is 0 Å². The minimum absolute atomic E-state index is 0.328. The summed E-state index contributed by atoms with van der Waals surface area (Å²) in [5.74, 6) is -2.12. The Morgan fingerprint density at radius 2 is 2.08 bits per heavy atom. The molecule has 4 heteroatoms. The minimum atomic E-state index is -0.886. The van der Waals surface area contributed by atoms with E-state index in [0.717, 1.165) is 0 Å². The number of carbonyl (C=O) groups excluding carboxylic acids is 1. The summed E-state index contributed by atoms with van der Waals surface area (Å²) in [5, 5.41) is 8.64. The van der Waals surface area contributed by atoms with Crippen LogP contribution in [-0.4, -0.2) is 23.7 Å². The smallest absolute Gasteiger partial charge is 0.312 e. The molecule has 4 nitrogen and oxygen atoms in total. The van der Waals surface area contributed by atoms with E-state index in [-0.39, 0.29) is 11.9 Å². The van der Waals surface area contributed by atoms with E-state index in [4.69, 9.17) is 9.84 Å². The number of carbonyl (C=O) groups is 2.